The van der Waals surface area contributed by atoms with Crippen LogP contribution < -0.4 is 5.32 Å². The van der Waals surface area contributed by atoms with Crippen molar-refractivity contribution in [2.45, 2.75) is 72.5 Å². The molecule has 4 heteroatoms. The van der Waals surface area contributed by atoms with Crippen molar-refractivity contribution in [3.63, 3.8) is 0 Å². The quantitative estimate of drug-likeness (QED) is 0.748. The fraction of sp³-hybridized carbons (Fsp3) is 0.440. The number of carbonyl (C=O) groups is 2. The Morgan fingerprint density at radius 1 is 0.897 bits per heavy atom. The number of hydrogen-bond acceptors (Lipinski definition) is 2. The molecule has 0 aliphatic heterocycles. The third-order valence-electron chi connectivity index (χ3n) is 4.83. The number of amides is 2. The largest absolute Gasteiger partial charge is 0.350 e. The van der Waals surface area contributed by atoms with Crippen molar-refractivity contribution < 1.29 is 9.59 Å². The Morgan fingerprint density at radius 2 is 1.38 bits per heavy atom. The Labute approximate surface area is 175 Å². The van der Waals surface area contributed by atoms with E-state index in [0.29, 0.717) is 13.0 Å². The predicted octanol–water partition coefficient (Wildman–Crippen LogP) is 4.57. The molecule has 0 unspecified atom stereocenters. The lowest BCUT2D eigenvalue weighted by molar-refractivity contribution is -0.141. The van der Waals surface area contributed by atoms with E-state index in [-0.39, 0.29) is 23.8 Å². The molecule has 0 spiro atoms. The Hall–Kier alpha value is -2.62. The number of carbonyl (C=O) groups excluding carboxylic acids is 2. The van der Waals surface area contributed by atoms with Crippen molar-refractivity contribution in [3.8, 4) is 0 Å². The van der Waals surface area contributed by atoms with Gasteiger partial charge in [-0.05, 0) is 52.2 Å². The van der Waals surface area contributed by atoms with E-state index in [9.17, 15) is 9.59 Å². The van der Waals surface area contributed by atoms with Gasteiger partial charge in [0.2, 0.25) is 11.8 Å². The molecule has 4 nitrogen and oxygen atoms in total. The summed E-state index contributed by atoms with van der Waals surface area (Å²) in [5.74, 6) is -0.144. The maximum Gasteiger partial charge on any atom is 0.243 e. The fourth-order valence-corrected chi connectivity index (χ4v) is 3.24. The first-order valence-corrected chi connectivity index (χ1v) is 10.3. The molecule has 1 N–H and O–H groups in total. The van der Waals surface area contributed by atoms with Gasteiger partial charge in [-0.2, -0.15) is 0 Å². The average Bonchev–Trinajstić information content (AvgIpc) is 2.63. The van der Waals surface area contributed by atoms with Crippen LogP contribution in [-0.4, -0.2) is 28.3 Å². The van der Waals surface area contributed by atoms with Crippen LogP contribution in [0.1, 0.15) is 56.4 Å². The second kappa shape index (κ2) is 9.73. The molecule has 0 aromatic heterocycles. The highest BCUT2D eigenvalue weighted by molar-refractivity contribution is 5.88. The van der Waals surface area contributed by atoms with Crippen molar-refractivity contribution in [2.75, 3.05) is 0 Å². The fourth-order valence-electron chi connectivity index (χ4n) is 3.24. The zero-order valence-electron chi connectivity index (χ0n) is 18.6. The second-order valence-corrected chi connectivity index (χ2v) is 8.83. The van der Waals surface area contributed by atoms with Gasteiger partial charge in [0.15, 0.2) is 0 Å². The van der Waals surface area contributed by atoms with Crippen molar-refractivity contribution >= 4 is 11.8 Å². The molecule has 2 rings (SSSR count). The molecule has 0 radical (unpaired) electrons. The standard InChI is InChI=1S/C25H34N2O2/c1-7-22(24(29)26-25(4,5)6)27(17-21-14-10-19(3)11-15-21)23(28)16-20-12-8-18(2)9-13-20/h8-15,22H,7,16-17H2,1-6H3,(H,26,29)/t22-/m0/s1. The lowest BCUT2D eigenvalue weighted by atomic mass is 10.0. The zero-order chi connectivity index (χ0) is 21.6. The van der Waals surface area contributed by atoms with Crippen LogP contribution in [0.25, 0.3) is 0 Å². The number of rotatable bonds is 7. The van der Waals surface area contributed by atoms with E-state index < -0.39 is 6.04 Å². The van der Waals surface area contributed by atoms with E-state index in [2.05, 4.69) is 5.32 Å². The van der Waals surface area contributed by atoms with Crippen LogP contribution in [0.15, 0.2) is 48.5 Å². The molecule has 1 atom stereocenters. The van der Waals surface area contributed by atoms with Gasteiger partial charge in [0.1, 0.15) is 6.04 Å². The number of nitrogens with one attached hydrogen (secondary N) is 1. The molecular weight excluding hydrogens is 360 g/mol. The molecular formula is C25H34N2O2. The molecule has 2 amide bonds. The van der Waals surface area contributed by atoms with E-state index in [0.717, 1.165) is 16.7 Å². The predicted molar refractivity (Wildman–Crippen MR) is 119 cm³/mol. The first-order valence-electron chi connectivity index (χ1n) is 10.3. The van der Waals surface area contributed by atoms with Gasteiger partial charge < -0.3 is 10.2 Å². The van der Waals surface area contributed by atoms with E-state index in [1.165, 1.54) is 5.56 Å². The van der Waals surface area contributed by atoms with Crippen LogP contribution in [0, 0.1) is 13.8 Å². The number of aryl methyl sites for hydroxylation is 2. The summed E-state index contributed by atoms with van der Waals surface area (Å²) in [6.07, 6.45) is 0.846. The van der Waals surface area contributed by atoms with Gasteiger partial charge in [0, 0.05) is 12.1 Å². The second-order valence-electron chi connectivity index (χ2n) is 8.83. The van der Waals surface area contributed by atoms with Crippen LogP contribution in [-0.2, 0) is 22.6 Å². The lowest BCUT2D eigenvalue weighted by Crippen LogP contribution is -2.53. The summed E-state index contributed by atoms with van der Waals surface area (Å²) in [5.41, 5.74) is 3.97. The molecule has 156 valence electrons. The summed E-state index contributed by atoms with van der Waals surface area (Å²) in [6, 6.07) is 15.6. The summed E-state index contributed by atoms with van der Waals surface area (Å²) in [7, 11) is 0. The van der Waals surface area contributed by atoms with Crippen molar-refractivity contribution in [1.82, 2.24) is 10.2 Å². The molecule has 0 aliphatic carbocycles. The monoisotopic (exact) mass is 394 g/mol. The van der Waals surface area contributed by atoms with Crippen LogP contribution in [0.3, 0.4) is 0 Å². The van der Waals surface area contributed by atoms with Crippen molar-refractivity contribution in [1.29, 1.82) is 0 Å². The molecule has 0 bridgehead atoms. The first kappa shape index (κ1) is 22.7. The van der Waals surface area contributed by atoms with Gasteiger partial charge in [-0.15, -0.1) is 0 Å². The summed E-state index contributed by atoms with van der Waals surface area (Å²) in [4.78, 5) is 28.0. The maximum absolute atomic E-state index is 13.3. The van der Waals surface area contributed by atoms with Crippen molar-refractivity contribution in [2.24, 2.45) is 0 Å². The highest BCUT2D eigenvalue weighted by atomic mass is 16.2. The normalized spacial score (nSPS) is 12.3. The number of benzene rings is 2. The molecule has 0 fully saturated rings. The molecule has 0 heterocycles. The first-order chi connectivity index (χ1) is 13.6. The lowest BCUT2D eigenvalue weighted by Gasteiger charge is -2.33. The van der Waals surface area contributed by atoms with E-state index in [1.807, 2.05) is 90.1 Å². The third kappa shape index (κ3) is 7.04. The molecule has 2 aromatic carbocycles. The Kier molecular flexibility index (Phi) is 7.60. The molecule has 2 aromatic rings. The van der Waals surface area contributed by atoms with Gasteiger partial charge in [-0.25, -0.2) is 0 Å². The van der Waals surface area contributed by atoms with E-state index in [1.54, 1.807) is 4.90 Å². The van der Waals surface area contributed by atoms with Crippen LogP contribution in [0.2, 0.25) is 0 Å². The minimum atomic E-state index is -0.506. The number of nitrogens with zero attached hydrogens (tertiary/aromatic N) is 1. The molecule has 0 saturated carbocycles. The highest BCUT2D eigenvalue weighted by Gasteiger charge is 2.30. The Morgan fingerprint density at radius 3 is 1.83 bits per heavy atom. The van der Waals surface area contributed by atoms with Crippen LogP contribution in [0.5, 0.6) is 0 Å². The van der Waals surface area contributed by atoms with Gasteiger partial charge in [0.05, 0.1) is 6.42 Å². The van der Waals surface area contributed by atoms with Crippen LogP contribution >= 0.6 is 0 Å². The smallest absolute Gasteiger partial charge is 0.243 e. The van der Waals surface area contributed by atoms with Gasteiger partial charge in [0.25, 0.3) is 0 Å². The van der Waals surface area contributed by atoms with E-state index >= 15 is 0 Å². The summed E-state index contributed by atoms with van der Waals surface area (Å²) >= 11 is 0. The number of hydrogen-bond donors (Lipinski definition) is 1. The minimum Gasteiger partial charge on any atom is -0.350 e. The minimum absolute atomic E-state index is 0.0367. The van der Waals surface area contributed by atoms with Gasteiger partial charge in [-0.1, -0.05) is 66.6 Å². The van der Waals surface area contributed by atoms with Gasteiger partial charge >= 0.3 is 0 Å². The average molecular weight is 395 g/mol. The Balaban J connectivity index is 2.29. The third-order valence-corrected chi connectivity index (χ3v) is 4.83. The molecule has 0 aliphatic rings. The highest BCUT2D eigenvalue weighted by Crippen LogP contribution is 2.16. The van der Waals surface area contributed by atoms with Crippen LogP contribution in [0.4, 0.5) is 0 Å². The SMILES string of the molecule is CC[C@@H](C(=O)NC(C)(C)C)N(Cc1ccc(C)cc1)C(=O)Cc1ccc(C)cc1. The van der Waals surface area contributed by atoms with Gasteiger partial charge in [-0.3, -0.25) is 9.59 Å². The van der Waals surface area contributed by atoms with E-state index in [4.69, 9.17) is 0 Å². The summed E-state index contributed by atoms with van der Waals surface area (Å²) in [6.45, 7) is 12.3. The summed E-state index contributed by atoms with van der Waals surface area (Å²) in [5, 5.41) is 3.04. The maximum atomic E-state index is 13.3. The summed E-state index contributed by atoms with van der Waals surface area (Å²) < 4.78 is 0. The topological polar surface area (TPSA) is 49.4 Å². The Bertz CT molecular complexity index is 817. The molecule has 0 saturated heterocycles. The zero-order valence-corrected chi connectivity index (χ0v) is 18.6. The molecule has 29 heavy (non-hydrogen) atoms. The van der Waals surface area contributed by atoms with Crippen molar-refractivity contribution in [3.05, 3.63) is 70.8 Å².